The second-order valence-corrected chi connectivity index (χ2v) is 7.44. The Morgan fingerprint density at radius 3 is 2.75 bits per heavy atom. The predicted octanol–water partition coefficient (Wildman–Crippen LogP) is 3.54. The molecular formula is C20H29IN6O. The molecule has 0 bridgehead atoms. The minimum atomic E-state index is -0.0498. The van der Waals surface area contributed by atoms with Crippen molar-refractivity contribution in [3.8, 4) is 0 Å². The van der Waals surface area contributed by atoms with E-state index in [9.17, 15) is 0 Å². The summed E-state index contributed by atoms with van der Waals surface area (Å²) in [4.78, 5) is 13.5. The molecule has 0 atom stereocenters. The first-order chi connectivity index (χ1) is 13.0. The topological polar surface area (TPSA) is 79.8 Å². The maximum absolute atomic E-state index is 5.80. The Balaban J connectivity index is 0.00000280. The van der Waals surface area contributed by atoms with Gasteiger partial charge >= 0.3 is 0 Å². The molecule has 152 valence electrons. The number of oxazole rings is 1. The number of imidazole rings is 1. The molecule has 0 amide bonds. The average molecular weight is 496 g/mol. The molecule has 7 nitrogen and oxygen atoms in total. The highest BCUT2D eigenvalue weighted by Gasteiger charge is 2.19. The van der Waals surface area contributed by atoms with Gasteiger partial charge in [-0.25, -0.2) is 15.0 Å². The Kier molecular flexibility index (Phi) is 7.85. The molecule has 28 heavy (non-hydrogen) atoms. The Bertz CT molecular complexity index is 876. The maximum Gasteiger partial charge on any atom is 0.216 e. The van der Waals surface area contributed by atoms with Crippen molar-refractivity contribution in [1.82, 2.24) is 25.0 Å². The molecule has 0 unspecified atom stereocenters. The summed E-state index contributed by atoms with van der Waals surface area (Å²) in [5, 5.41) is 6.59. The van der Waals surface area contributed by atoms with Crippen LogP contribution in [0.25, 0.3) is 5.65 Å². The van der Waals surface area contributed by atoms with Crippen LogP contribution < -0.4 is 10.6 Å². The van der Waals surface area contributed by atoms with Gasteiger partial charge in [0.2, 0.25) is 5.89 Å². The van der Waals surface area contributed by atoms with E-state index in [1.807, 2.05) is 35.7 Å². The van der Waals surface area contributed by atoms with Crippen LogP contribution in [-0.4, -0.2) is 33.4 Å². The Morgan fingerprint density at radius 2 is 2.07 bits per heavy atom. The summed E-state index contributed by atoms with van der Waals surface area (Å²) in [7, 11) is 0. The zero-order valence-corrected chi connectivity index (χ0v) is 19.2. The van der Waals surface area contributed by atoms with Crippen molar-refractivity contribution in [1.29, 1.82) is 0 Å². The number of aliphatic imine (C=N–C) groups is 1. The number of halogens is 1. The van der Waals surface area contributed by atoms with Crippen LogP contribution in [0.2, 0.25) is 0 Å². The SMILES string of the molecule is CCNC(=NCc1ncc(C(C)(C)C)o1)NCCc1cn2ccccc2n1.I. The lowest BCUT2D eigenvalue weighted by Gasteiger charge is -2.13. The summed E-state index contributed by atoms with van der Waals surface area (Å²) in [5.74, 6) is 2.24. The minimum absolute atomic E-state index is 0. The summed E-state index contributed by atoms with van der Waals surface area (Å²) in [5.41, 5.74) is 1.96. The molecule has 0 fully saturated rings. The van der Waals surface area contributed by atoms with Crippen molar-refractivity contribution in [3.05, 3.63) is 54.1 Å². The number of nitrogens with zero attached hydrogens (tertiary/aromatic N) is 4. The average Bonchev–Trinajstić information content (AvgIpc) is 3.26. The number of guanidine groups is 1. The predicted molar refractivity (Wildman–Crippen MR) is 122 cm³/mol. The summed E-state index contributed by atoms with van der Waals surface area (Å²) >= 11 is 0. The van der Waals surface area contributed by atoms with E-state index in [4.69, 9.17) is 4.42 Å². The molecule has 0 aliphatic heterocycles. The normalized spacial score (nSPS) is 12.1. The van der Waals surface area contributed by atoms with Gasteiger partial charge in [0.25, 0.3) is 0 Å². The van der Waals surface area contributed by atoms with Crippen LogP contribution in [0.3, 0.4) is 0 Å². The van der Waals surface area contributed by atoms with E-state index in [1.54, 1.807) is 6.20 Å². The van der Waals surface area contributed by atoms with Crippen LogP contribution in [0.15, 0.2) is 46.2 Å². The fourth-order valence-corrected chi connectivity index (χ4v) is 2.64. The highest BCUT2D eigenvalue weighted by molar-refractivity contribution is 14.0. The fraction of sp³-hybridized carbons (Fsp3) is 0.450. The summed E-state index contributed by atoms with van der Waals surface area (Å²) < 4.78 is 7.83. The molecule has 3 heterocycles. The third kappa shape index (κ3) is 5.95. The van der Waals surface area contributed by atoms with Gasteiger partial charge in [0, 0.05) is 37.3 Å². The first-order valence-electron chi connectivity index (χ1n) is 9.35. The fourth-order valence-electron chi connectivity index (χ4n) is 2.64. The molecule has 0 spiro atoms. The Labute approximate surface area is 183 Å². The summed E-state index contributed by atoms with van der Waals surface area (Å²) in [6.07, 6.45) is 6.67. The summed E-state index contributed by atoms with van der Waals surface area (Å²) in [6, 6.07) is 6.00. The number of pyridine rings is 1. The molecule has 3 rings (SSSR count). The van der Waals surface area contributed by atoms with Gasteiger partial charge in [0.05, 0.1) is 11.9 Å². The van der Waals surface area contributed by atoms with Crippen molar-refractivity contribution in [2.24, 2.45) is 4.99 Å². The highest BCUT2D eigenvalue weighted by atomic mass is 127. The molecule has 0 saturated carbocycles. The van der Waals surface area contributed by atoms with Crippen LogP contribution in [0.1, 0.15) is 45.0 Å². The lowest BCUT2D eigenvalue weighted by atomic mass is 9.94. The first-order valence-corrected chi connectivity index (χ1v) is 9.35. The molecule has 0 aliphatic rings. The van der Waals surface area contributed by atoms with Crippen LogP contribution in [0.4, 0.5) is 0 Å². The van der Waals surface area contributed by atoms with E-state index >= 15 is 0 Å². The number of hydrogen-bond donors (Lipinski definition) is 2. The quantitative estimate of drug-likeness (QED) is 0.310. The van der Waals surface area contributed by atoms with E-state index in [0.717, 1.165) is 42.6 Å². The van der Waals surface area contributed by atoms with Gasteiger partial charge in [-0.3, -0.25) is 0 Å². The molecule has 8 heteroatoms. The van der Waals surface area contributed by atoms with Crippen molar-refractivity contribution < 1.29 is 4.42 Å². The standard InChI is InChI=1S/C20H28N6O.HI/c1-5-21-19(24-13-18-23-12-16(27-18)20(2,3)4)22-10-9-15-14-26-11-7-6-8-17(26)25-15;/h6-8,11-12,14H,5,9-10,13H2,1-4H3,(H2,21,22,24);1H. The lowest BCUT2D eigenvalue weighted by molar-refractivity contribution is 0.383. The molecule has 2 N–H and O–H groups in total. The van der Waals surface area contributed by atoms with E-state index < -0.39 is 0 Å². The summed E-state index contributed by atoms with van der Waals surface area (Å²) in [6.45, 7) is 10.3. The molecule has 0 aromatic carbocycles. The second kappa shape index (κ2) is 9.90. The Morgan fingerprint density at radius 1 is 1.25 bits per heavy atom. The van der Waals surface area contributed by atoms with Crippen molar-refractivity contribution in [3.63, 3.8) is 0 Å². The number of fused-ring (bicyclic) bond motifs is 1. The third-order valence-electron chi connectivity index (χ3n) is 4.10. The van der Waals surface area contributed by atoms with Gasteiger partial charge in [-0.15, -0.1) is 24.0 Å². The molecule has 3 aromatic heterocycles. The van der Waals surface area contributed by atoms with Crippen LogP contribution >= 0.6 is 24.0 Å². The number of nitrogens with one attached hydrogen (secondary N) is 2. The highest BCUT2D eigenvalue weighted by Crippen LogP contribution is 2.22. The van der Waals surface area contributed by atoms with E-state index in [1.165, 1.54) is 0 Å². The number of aromatic nitrogens is 3. The minimum Gasteiger partial charge on any atom is -0.443 e. The first kappa shape index (κ1) is 22.2. The van der Waals surface area contributed by atoms with Crippen molar-refractivity contribution in [2.45, 2.75) is 46.1 Å². The zero-order valence-electron chi connectivity index (χ0n) is 16.9. The maximum atomic E-state index is 5.80. The van der Waals surface area contributed by atoms with Gasteiger partial charge in [0.1, 0.15) is 18.0 Å². The molecule has 0 saturated heterocycles. The van der Waals surface area contributed by atoms with Gasteiger partial charge in [-0.05, 0) is 19.1 Å². The van der Waals surface area contributed by atoms with Crippen LogP contribution in [0, 0.1) is 0 Å². The zero-order chi connectivity index (χ0) is 19.3. The number of hydrogen-bond acceptors (Lipinski definition) is 4. The van der Waals surface area contributed by atoms with E-state index in [-0.39, 0.29) is 29.4 Å². The van der Waals surface area contributed by atoms with Gasteiger partial charge in [-0.2, -0.15) is 0 Å². The van der Waals surface area contributed by atoms with Crippen molar-refractivity contribution in [2.75, 3.05) is 13.1 Å². The van der Waals surface area contributed by atoms with E-state index in [2.05, 4.69) is 52.6 Å². The van der Waals surface area contributed by atoms with E-state index in [0.29, 0.717) is 12.4 Å². The third-order valence-corrected chi connectivity index (χ3v) is 4.10. The molecule has 3 aromatic rings. The van der Waals surface area contributed by atoms with Crippen LogP contribution in [0.5, 0.6) is 0 Å². The molecular weight excluding hydrogens is 467 g/mol. The second-order valence-electron chi connectivity index (χ2n) is 7.44. The largest absolute Gasteiger partial charge is 0.443 e. The lowest BCUT2D eigenvalue weighted by Crippen LogP contribution is -2.38. The van der Waals surface area contributed by atoms with Gasteiger partial charge < -0.3 is 19.5 Å². The number of rotatable bonds is 6. The van der Waals surface area contributed by atoms with Gasteiger partial charge in [0.15, 0.2) is 5.96 Å². The van der Waals surface area contributed by atoms with Crippen LogP contribution in [-0.2, 0) is 18.4 Å². The molecule has 0 aliphatic carbocycles. The Hall–Kier alpha value is -2.10. The van der Waals surface area contributed by atoms with Gasteiger partial charge in [-0.1, -0.05) is 26.8 Å². The van der Waals surface area contributed by atoms with Crippen molar-refractivity contribution >= 4 is 35.6 Å². The smallest absolute Gasteiger partial charge is 0.216 e. The monoisotopic (exact) mass is 496 g/mol. The molecule has 0 radical (unpaired) electrons.